The van der Waals surface area contributed by atoms with E-state index in [0.717, 1.165) is 50.9 Å². The minimum absolute atomic E-state index is 0.825. The SMILES string of the molecule is CCNc1ccnc(N2CCN(c3nc4c(s3)CCCC4)CC2)n1. The lowest BCUT2D eigenvalue weighted by Gasteiger charge is -2.34. The zero-order chi connectivity index (χ0) is 16.4. The van der Waals surface area contributed by atoms with E-state index in [9.17, 15) is 0 Å². The molecule has 0 amide bonds. The number of hydrogen-bond donors (Lipinski definition) is 1. The Kier molecular flexibility index (Phi) is 4.51. The number of rotatable bonds is 4. The van der Waals surface area contributed by atoms with Crippen molar-refractivity contribution in [3.8, 4) is 0 Å². The lowest BCUT2D eigenvalue weighted by molar-refractivity contribution is 0.636. The number of aromatic nitrogens is 3. The van der Waals surface area contributed by atoms with E-state index in [2.05, 4.69) is 32.0 Å². The second-order valence-corrected chi connectivity index (χ2v) is 7.38. The second-order valence-electron chi connectivity index (χ2n) is 6.32. The van der Waals surface area contributed by atoms with Gasteiger partial charge in [-0.3, -0.25) is 0 Å². The Bertz CT molecular complexity index is 669. The fourth-order valence-electron chi connectivity index (χ4n) is 3.35. The smallest absolute Gasteiger partial charge is 0.227 e. The van der Waals surface area contributed by atoms with E-state index < -0.39 is 0 Å². The summed E-state index contributed by atoms with van der Waals surface area (Å²) >= 11 is 1.90. The molecule has 2 aliphatic rings. The van der Waals surface area contributed by atoms with E-state index in [0.29, 0.717) is 0 Å². The van der Waals surface area contributed by atoms with Crippen LogP contribution in [0.25, 0.3) is 0 Å². The summed E-state index contributed by atoms with van der Waals surface area (Å²) in [6.07, 6.45) is 6.84. The van der Waals surface area contributed by atoms with Crippen LogP contribution in [0.15, 0.2) is 12.3 Å². The van der Waals surface area contributed by atoms with Gasteiger partial charge in [0.25, 0.3) is 0 Å². The van der Waals surface area contributed by atoms with Crippen LogP contribution >= 0.6 is 11.3 Å². The molecule has 6 nitrogen and oxygen atoms in total. The van der Waals surface area contributed by atoms with Crippen molar-refractivity contribution in [1.82, 2.24) is 15.0 Å². The number of fused-ring (bicyclic) bond motifs is 1. The predicted octanol–water partition coefficient (Wildman–Crippen LogP) is 2.57. The van der Waals surface area contributed by atoms with E-state index in [4.69, 9.17) is 4.98 Å². The van der Waals surface area contributed by atoms with E-state index in [-0.39, 0.29) is 0 Å². The van der Waals surface area contributed by atoms with Gasteiger partial charge in [0.2, 0.25) is 5.95 Å². The highest BCUT2D eigenvalue weighted by molar-refractivity contribution is 7.15. The van der Waals surface area contributed by atoms with Gasteiger partial charge in [-0.1, -0.05) is 0 Å². The van der Waals surface area contributed by atoms with Crippen LogP contribution in [0.4, 0.5) is 16.9 Å². The summed E-state index contributed by atoms with van der Waals surface area (Å²) < 4.78 is 0. The Morgan fingerprint density at radius 2 is 1.88 bits per heavy atom. The fourth-order valence-corrected chi connectivity index (χ4v) is 4.55. The van der Waals surface area contributed by atoms with Crippen LogP contribution in [0.1, 0.15) is 30.3 Å². The number of hydrogen-bond acceptors (Lipinski definition) is 7. The quantitative estimate of drug-likeness (QED) is 0.920. The third-order valence-corrected chi connectivity index (χ3v) is 5.89. The van der Waals surface area contributed by atoms with Crippen LogP contribution in [-0.4, -0.2) is 47.7 Å². The predicted molar refractivity (Wildman–Crippen MR) is 99.4 cm³/mol. The van der Waals surface area contributed by atoms with Crippen LogP contribution in [0, 0.1) is 0 Å². The number of anilines is 3. The van der Waals surface area contributed by atoms with E-state index >= 15 is 0 Å². The molecule has 0 aromatic carbocycles. The van der Waals surface area contributed by atoms with Crippen molar-refractivity contribution < 1.29 is 0 Å². The summed E-state index contributed by atoms with van der Waals surface area (Å²) in [6.45, 7) is 6.81. The molecule has 1 saturated heterocycles. The highest BCUT2D eigenvalue weighted by atomic mass is 32.1. The molecule has 1 N–H and O–H groups in total. The summed E-state index contributed by atoms with van der Waals surface area (Å²) in [4.78, 5) is 20.2. The first kappa shape index (κ1) is 15.6. The average molecular weight is 344 g/mol. The molecule has 0 radical (unpaired) electrons. The summed E-state index contributed by atoms with van der Waals surface area (Å²) in [5.74, 6) is 1.73. The number of piperazine rings is 1. The maximum atomic E-state index is 4.90. The topological polar surface area (TPSA) is 57.2 Å². The first-order valence-corrected chi connectivity index (χ1v) is 9.70. The van der Waals surface area contributed by atoms with Crippen molar-refractivity contribution in [2.45, 2.75) is 32.6 Å². The first-order valence-electron chi connectivity index (χ1n) is 8.89. The molecule has 7 heteroatoms. The number of nitrogens with zero attached hydrogens (tertiary/aromatic N) is 5. The Balaban J connectivity index is 1.41. The van der Waals surface area contributed by atoms with E-state index in [1.165, 1.54) is 35.0 Å². The van der Waals surface area contributed by atoms with Gasteiger partial charge >= 0.3 is 0 Å². The Labute approximate surface area is 146 Å². The highest BCUT2D eigenvalue weighted by Gasteiger charge is 2.23. The van der Waals surface area contributed by atoms with Crippen molar-refractivity contribution >= 4 is 28.2 Å². The van der Waals surface area contributed by atoms with E-state index in [1.807, 2.05) is 23.6 Å². The van der Waals surface area contributed by atoms with Gasteiger partial charge < -0.3 is 15.1 Å². The molecule has 0 bridgehead atoms. The van der Waals surface area contributed by atoms with Gasteiger partial charge in [-0.15, -0.1) is 11.3 Å². The van der Waals surface area contributed by atoms with Gasteiger partial charge in [-0.25, -0.2) is 9.97 Å². The fraction of sp³-hybridized carbons (Fsp3) is 0.588. The number of thiazole rings is 1. The third-order valence-electron chi connectivity index (χ3n) is 4.67. The summed E-state index contributed by atoms with van der Waals surface area (Å²) in [5, 5.41) is 4.46. The van der Waals surface area contributed by atoms with Crippen molar-refractivity contribution in [1.29, 1.82) is 0 Å². The van der Waals surface area contributed by atoms with Crippen molar-refractivity contribution in [3.63, 3.8) is 0 Å². The lowest BCUT2D eigenvalue weighted by atomic mass is 10.0. The molecule has 2 aromatic rings. The molecule has 0 saturated carbocycles. The standard InChI is InChI=1S/C17H24N6S/c1-2-18-15-7-8-19-16(21-15)22-9-11-23(12-10-22)17-20-13-5-3-4-6-14(13)24-17/h7-8H,2-6,9-12H2,1H3,(H,18,19,21). The average Bonchev–Trinajstić information content (AvgIpc) is 3.07. The van der Waals surface area contributed by atoms with Crippen LogP contribution in [0.3, 0.4) is 0 Å². The van der Waals surface area contributed by atoms with Gasteiger partial charge in [0.15, 0.2) is 5.13 Å². The van der Waals surface area contributed by atoms with Crippen LogP contribution < -0.4 is 15.1 Å². The monoisotopic (exact) mass is 344 g/mol. The molecular formula is C17H24N6S. The van der Waals surface area contributed by atoms with Crippen molar-refractivity contribution in [2.75, 3.05) is 47.8 Å². The Morgan fingerprint density at radius 1 is 1.08 bits per heavy atom. The van der Waals surface area contributed by atoms with Gasteiger partial charge in [-0.05, 0) is 38.7 Å². The van der Waals surface area contributed by atoms with Gasteiger partial charge in [0, 0.05) is 43.8 Å². The normalized spacial score (nSPS) is 17.7. The molecule has 4 rings (SSSR count). The maximum Gasteiger partial charge on any atom is 0.227 e. The minimum atomic E-state index is 0.825. The van der Waals surface area contributed by atoms with E-state index in [1.54, 1.807) is 0 Å². The second kappa shape index (κ2) is 6.93. The minimum Gasteiger partial charge on any atom is -0.370 e. The maximum absolute atomic E-state index is 4.90. The van der Waals surface area contributed by atoms with Crippen LogP contribution in [0.2, 0.25) is 0 Å². The first-order chi connectivity index (χ1) is 11.8. The van der Waals surface area contributed by atoms with Crippen molar-refractivity contribution in [2.24, 2.45) is 0 Å². The molecule has 0 spiro atoms. The number of aryl methyl sites for hydroxylation is 2. The molecular weight excluding hydrogens is 320 g/mol. The number of nitrogens with one attached hydrogen (secondary N) is 1. The molecule has 128 valence electrons. The molecule has 1 aliphatic carbocycles. The molecule has 0 unspecified atom stereocenters. The largest absolute Gasteiger partial charge is 0.370 e. The summed E-state index contributed by atoms with van der Waals surface area (Å²) in [6, 6.07) is 1.92. The van der Waals surface area contributed by atoms with Gasteiger partial charge in [0.05, 0.1) is 5.69 Å². The molecule has 1 fully saturated rings. The van der Waals surface area contributed by atoms with Crippen molar-refractivity contribution in [3.05, 3.63) is 22.8 Å². The zero-order valence-corrected chi connectivity index (χ0v) is 15.0. The van der Waals surface area contributed by atoms with Gasteiger partial charge in [-0.2, -0.15) is 4.98 Å². The molecule has 2 aromatic heterocycles. The highest BCUT2D eigenvalue weighted by Crippen LogP contribution is 2.32. The Hall–Kier alpha value is -1.89. The molecule has 0 atom stereocenters. The molecule has 3 heterocycles. The zero-order valence-electron chi connectivity index (χ0n) is 14.2. The molecule has 1 aliphatic heterocycles. The van der Waals surface area contributed by atoms with Crippen LogP contribution in [-0.2, 0) is 12.8 Å². The summed E-state index contributed by atoms with van der Waals surface area (Å²) in [5.41, 5.74) is 1.35. The third kappa shape index (κ3) is 3.17. The lowest BCUT2D eigenvalue weighted by Crippen LogP contribution is -2.47. The van der Waals surface area contributed by atoms with Crippen LogP contribution in [0.5, 0.6) is 0 Å². The Morgan fingerprint density at radius 3 is 2.67 bits per heavy atom. The van der Waals surface area contributed by atoms with Gasteiger partial charge in [0.1, 0.15) is 5.82 Å². The molecule has 24 heavy (non-hydrogen) atoms. The summed E-state index contributed by atoms with van der Waals surface area (Å²) in [7, 11) is 0.